The highest BCUT2D eigenvalue weighted by atomic mass is 16.3. The summed E-state index contributed by atoms with van der Waals surface area (Å²) in [6.07, 6.45) is 5.12. The molecule has 0 aromatic rings. The number of nitrogens with two attached hydrogens (primary N) is 1. The monoisotopic (exact) mass is 198 g/mol. The minimum Gasteiger partial charge on any atom is -0.396 e. The zero-order valence-electron chi connectivity index (χ0n) is 8.91. The van der Waals surface area contributed by atoms with Gasteiger partial charge in [-0.3, -0.25) is 0 Å². The van der Waals surface area contributed by atoms with Crippen molar-refractivity contribution in [3.8, 4) is 0 Å². The molecule has 0 amide bonds. The van der Waals surface area contributed by atoms with Crippen molar-refractivity contribution in [3.05, 3.63) is 0 Å². The van der Waals surface area contributed by atoms with Crippen molar-refractivity contribution < 1.29 is 5.11 Å². The van der Waals surface area contributed by atoms with E-state index in [0.29, 0.717) is 17.9 Å². The molecule has 1 spiro atoms. The predicted molar refractivity (Wildman–Crippen MR) is 57.0 cm³/mol. The Bertz CT molecular complexity index is 192. The molecule has 0 aromatic carbocycles. The lowest BCUT2D eigenvalue weighted by molar-refractivity contribution is 0.0542. The van der Waals surface area contributed by atoms with Crippen LogP contribution in [0, 0.1) is 11.3 Å². The van der Waals surface area contributed by atoms with Gasteiger partial charge >= 0.3 is 0 Å². The maximum Gasteiger partial charge on any atom is 0.0477 e. The average Bonchev–Trinajstić information content (AvgIpc) is 2.53. The average molecular weight is 198 g/mol. The first-order valence-electron chi connectivity index (χ1n) is 5.84. The van der Waals surface area contributed by atoms with Gasteiger partial charge in [0.05, 0.1) is 0 Å². The number of likely N-dealkylation sites (tertiary alicyclic amines) is 1. The molecule has 3 N–H and O–H groups in total. The van der Waals surface area contributed by atoms with Gasteiger partial charge in [-0.1, -0.05) is 6.42 Å². The van der Waals surface area contributed by atoms with Crippen molar-refractivity contribution in [1.29, 1.82) is 0 Å². The zero-order chi connectivity index (χ0) is 10.0. The van der Waals surface area contributed by atoms with Crippen molar-refractivity contribution in [2.75, 3.05) is 32.8 Å². The lowest BCUT2D eigenvalue weighted by Gasteiger charge is -2.42. The fourth-order valence-electron chi connectivity index (χ4n) is 3.08. The molecule has 2 aliphatic rings. The molecule has 1 aliphatic carbocycles. The molecule has 0 aromatic heterocycles. The van der Waals surface area contributed by atoms with Crippen molar-refractivity contribution in [2.24, 2.45) is 17.1 Å². The lowest BCUT2D eigenvalue weighted by atomic mass is 9.63. The first-order chi connectivity index (χ1) is 6.80. The van der Waals surface area contributed by atoms with Gasteiger partial charge in [0.1, 0.15) is 0 Å². The summed E-state index contributed by atoms with van der Waals surface area (Å²) in [6.45, 7) is 4.58. The fourth-order valence-corrected chi connectivity index (χ4v) is 3.08. The summed E-state index contributed by atoms with van der Waals surface area (Å²) in [7, 11) is 0. The quantitative estimate of drug-likeness (QED) is 0.689. The van der Waals surface area contributed by atoms with Crippen LogP contribution in [0.25, 0.3) is 0 Å². The third-order valence-corrected chi connectivity index (χ3v) is 4.13. The molecule has 1 heterocycles. The highest BCUT2D eigenvalue weighted by molar-refractivity contribution is 5.01. The maximum absolute atomic E-state index is 9.36. The van der Waals surface area contributed by atoms with Gasteiger partial charge in [-0.2, -0.15) is 0 Å². The molecule has 1 saturated carbocycles. The Kier molecular flexibility index (Phi) is 3.10. The second-order valence-electron chi connectivity index (χ2n) is 4.97. The van der Waals surface area contributed by atoms with Crippen LogP contribution >= 0.6 is 0 Å². The second kappa shape index (κ2) is 4.17. The van der Waals surface area contributed by atoms with E-state index in [1.165, 1.54) is 25.8 Å². The summed E-state index contributed by atoms with van der Waals surface area (Å²) >= 11 is 0. The highest BCUT2D eigenvalue weighted by Gasteiger charge is 2.49. The molecule has 2 fully saturated rings. The van der Waals surface area contributed by atoms with E-state index < -0.39 is 0 Å². The van der Waals surface area contributed by atoms with E-state index in [0.717, 1.165) is 26.1 Å². The van der Waals surface area contributed by atoms with Crippen molar-refractivity contribution >= 4 is 0 Å². The minimum absolute atomic E-state index is 0.374. The number of nitrogens with zero attached hydrogens (tertiary/aromatic N) is 1. The summed E-state index contributed by atoms with van der Waals surface area (Å²) in [5.74, 6) is 0.536. The molecule has 2 rings (SSSR count). The van der Waals surface area contributed by atoms with Gasteiger partial charge in [0.25, 0.3) is 0 Å². The second-order valence-corrected chi connectivity index (χ2v) is 4.97. The van der Waals surface area contributed by atoms with Crippen molar-refractivity contribution in [1.82, 2.24) is 4.90 Å². The van der Waals surface area contributed by atoms with Crippen LogP contribution in [0.1, 0.15) is 25.7 Å². The molecule has 3 heteroatoms. The van der Waals surface area contributed by atoms with Crippen LogP contribution in [0.15, 0.2) is 0 Å². The molecule has 0 radical (unpaired) electrons. The van der Waals surface area contributed by atoms with E-state index in [-0.39, 0.29) is 0 Å². The Morgan fingerprint density at radius 2 is 2.21 bits per heavy atom. The van der Waals surface area contributed by atoms with Crippen molar-refractivity contribution in [2.45, 2.75) is 25.7 Å². The van der Waals surface area contributed by atoms with Crippen LogP contribution in [-0.2, 0) is 0 Å². The number of aliphatic hydroxyl groups excluding tert-OH is 1. The summed E-state index contributed by atoms with van der Waals surface area (Å²) in [6, 6.07) is 0. The third-order valence-electron chi connectivity index (χ3n) is 4.13. The maximum atomic E-state index is 9.36. The van der Waals surface area contributed by atoms with Gasteiger partial charge in [0.2, 0.25) is 0 Å². The molecule has 0 bridgehead atoms. The van der Waals surface area contributed by atoms with Crippen LogP contribution in [0.5, 0.6) is 0 Å². The van der Waals surface area contributed by atoms with E-state index in [1.54, 1.807) is 0 Å². The highest BCUT2D eigenvalue weighted by Crippen LogP contribution is 2.51. The molecular formula is C11H22N2O. The number of aliphatic hydroxyl groups is 1. The number of hydrogen-bond acceptors (Lipinski definition) is 3. The SMILES string of the molecule is NCCCN1C[C@@H](CO)C2(CCC2)C1. The largest absolute Gasteiger partial charge is 0.396 e. The number of rotatable bonds is 4. The van der Waals surface area contributed by atoms with Crippen LogP contribution in [0.2, 0.25) is 0 Å². The predicted octanol–water partition coefficient (Wildman–Crippen LogP) is 0.430. The Labute approximate surface area is 86.3 Å². The van der Waals surface area contributed by atoms with Crippen LogP contribution in [0.4, 0.5) is 0 Å². The van der Waals surface area contributed by atoms with Crippen LogP contribution in [-0.4, -0.2) is 42.8 Å². The normalized spacial score (nSPS) is 30.9. The van der Waals surface area contributed by atoms with Gasteiger partial charge in [-0.25, -0.2) is 0 Å². The van der Waals surface area contributed by atoms with E-state index in [9.17, 15) is 5.11 Å². The van der Waals surface area contributed by atoms with Crippen LogP contribution < -0.4 is 5.73 Å². The first-order valence-corrected chi connectivity index (χ1v) is 5.84. The van der Waals surface area contributed by atoms with Crippen LogP contribution in [0.3, 0.4) is 0 Å². The van der Waals surface area contributed by atoms with Gasteiger partial charge in [-0.15, -0.1) is 0 Å². The fraction of sp³-hybridized carbons (Fsp3) is 1.00. The summed E-state index contributed by atoms with van der Waals surface area (Å²) in [4.78, 5) is 2.49. The van der Waals surface area contributed by atoms with Gasteiger partial charge in [0, 0.05) is 25.6 Å². The van der Waals surface area contributed by atoms with E-state index >= 15 is 0 Å². The minimum atomic E-state index is 0.374. The summed E-state index contributed by atoms with van der Waals surface area (Å²) < 4.78 is 0. The molecule has 82 valence electrons. The molecule has 1 saturated heterocycles. The topological polar surface area (TPSA) is 49.5 Å². The molecule has 1 atom stereocenters. The Hall–Kier alpha value is -0.120. The van der Waals surface area contributed by atoms with E-state index in [2.05, 4.69) is 4.90 Å². The molecule has 14 heavy (non-hydrogen) atoms. The lowest BCUT2D eigenvalue weighted by Crippen LogP contribution is -2.39. The first kappa shape index (κ1) is 10.4. The Balaban J connectivity index is 1.88. The zero-order valence-corrected chi connectivity index (χ0v) is 8.91. The van der Waals surface area contributed by atoms with Gasteiger partial charge in [0.15, 0.2) is 0 Å². The molecular weight excluding hydrogens is 176 g/mol. The van der Waals surface area contributed by atoms with Gasteiger partial charge < -0.3 is 15.7 Å². The van der Waals surface area contributed by atoms with E-state index in [1.807, 2.05) is 0 Å². The summed E-state index contributed by atoms with van der Waals surface area (Å²) in [5, 5.41) is 9.36. The standard InChI is InChI=1S/C11H22N2O/c12-5-2-6-13-7-10(8-14)11(9-13)3-1-4-11/h10,14H,1-9,12H2/t10-/m0/s1. The molecule has 3 nitrogen and oxygen atoms in total. The van der Waals surface area contributed by atoms with Crippen molar-refractivity contribution in [3.63, 3.8) is 0 Å². The molecule has 1 aliphatic heterocycles. The summed E-state index contributed by atoms with van der Waals surface area (Å²) in [5.41, 5.74) is 6.00. The Morgan fingerprint density at radius 3 is 2.64 bits per heavy atom. The molecule has 0 unspecified atom stereocenters. The smallest absolute Gasteiger partial charge is 0.0477 e. The van der Waals surface area contributed by atoms with E-state index in [4.69, 9.17) is 5.73 Å². The number of hydrogen-bond donors (Lipinski definition) is 2. The Morgan fingerprint density at radius 1 is 1.43 bits per heavy atom. The van der Waals surface area contributed by atoms with Gasteiger partial charge in [-0.05, 0) is 37.8 Å². The third kappa shape index (κ3) is 1.69.